The molecule has 0 spiro atoms. The number of rotatable bonds is 7. The quantitative estimate of drug-likeness (QED) is 0.589. The van der Waals surface area contributed by atoms with Crippen molar-refractivity contribution in [2.75, 3.05) is 25.1 Å². The maximum absolute atomic E-state index is 12.7. The average Bonchev–Trinajstić information content (AvgIpc) is 3.09. The summed E-state index contributed by atoms with van der Waals surface area (Å²) >= 11 is 12.0. The molecule has 0 aliphatic heterocycles. The molecule has 0 atom stereocenters. The number of benzene rings is 1. The molecule has 3 rings (SSSR count). The summed E-state index contributed by atoms with van der Waals surface area (Å²) < 4.78 is 50.0. The Labute approximate surface area is 163 Å². The number of aromatic amines is 1. The SMILES string of the molecule is COc1nc(NS(=O)(=O)c2c[nH]c3c(Cl)c(Cl)ccc23)ncc1OCCF. The molecule has 0 saturated heterocycles. The first-order valence-corrected chi connectivity index (χ1v) is 9.69. The first-order chi connectivity index (χ1) is 12.9. The number of halogens is 3. The van der Waals surface area contributed by atoms with Crippen LogP contribution in [0.15, 0.2) is 29.4 Å². The van der Waals surface area contributed by atoms with E-state index in [1.54, 1.807) is 0 Å². The van der Waals surface area contributed by atoms with E-state index in [4.69, 9.17) is 32.7 Å². The second-order valence-corrected chi connectivity index (χ2v) is 7.58. The minimum Gasteiger partial charge on any atom is -0.484 e. The topological polar surface area (TPSA) is 106 Å². The van der Waals surface area contributed by atoms with E-state index in [9.17, 15) is 12.8 Å². The highest BCUT2D eigenvalue weighted by atomic mass is 35.5. The number of ether oxygens (including phenoxy) is 2. The Morgan fingerprint density at radius 1 is 1.33 bits per heavy atom. The van der Waals surface area contributed by atoms with Crippen molar-refractivity contribution in [2.24, 2.45) is 0 Å². The number of anilines is 1. The normalized spacial score (nSPS) is 11.6. The Hall–Kier alpha value is -2.30. The van der Waals surface area contributed by atoms with E-state index in [2.05, 4.69) is 19.7 Å². The first-order valence-electron chi connectivity index (χ1n) is 7.45. The molecule has 12 heteroatoms. The van der Waals surface area contributed by atoms with Crippen LogP contribution in [0.25, 0.3) is 10.9 Å². The van der Waals surface area contributed by atoms with Crippen molar-refractivity contribution in [3.8, 4) is 11.6 Å². The predicted octanol–water partition coefficient (Wildman–Crippen LogP) is 3.42. The van der Waals surface area contributed by atoms with Crippen molar-refractivity contribution < 1.29 is 22.3 Å². The third kappa shape index (κ3) is 3.87. The summed E-state index contributed by atoms with van der Waals surface area (Å²) in [6.45, 7) is -0.909. The summed E-state index contributed by atoms with van der Waals surface area (Å²) in [5.41, 5.74) is 0.387. The lowest BCUT2D eigenvalue weighted by Gasteiger charge is -2.10. The summed E-state index contributed by atoms with van der Waals surface area (Å²) in [6, 6.07) is 3.03. The third-order valence-electron chi connectivity index (χ3n) is 3.47. The number of hydrogen-bond acceptors (Lipinski definition) is 6. The fraction of sp³-hybridized carbons (Fsp3) is 0.200. The summed E-state index contributed by atoms with van der Waals surface area (Å²) in [4.78, 5) is 10.5. The van der Waals surface area contributed by atoms with Gasteiger partial charge in [-0.3, -0.25) is 0 Å². The monoisotopic (exact) mass is 434 g/mol. The number of aromatic nitrogens is 3. The molecule has 0 bridgehead atoms. The molecule has 0 saturated carbocycles. The van der Waals surface area contributed by atoms with E-state index in [0.29, 0.717) is 15.9 Å². The van der Waals surface area contributed by atoms with Crippen molar-refractivity contribution in [1.29, 1.82) is 0 Å². The van der Waals surface area contributed by atoms with E-state index in [1.807, 2.05) is 0 Å². The van der Waals surface area contributed by atoms with Gasteiger partial charge in [0, 0.05) is 11.6 Å². The zero-order valence-corrected chi connectivity index (χ0v) is 16.1. The molecule has 27 heavy (non-hydrogen) atoms. The lowest BCUT2D eigenvalue weighted by atomic mass is 10.2. The van der Waals surface area contributed by atoms with Gasteiger partial charge in [0.05, 0.1) is 28.9 Å². The van der Waals surface area contributed by atoms with Crippen LogP contribution in [0.4, 0.5) is 10.3 Å². The van der Waals surface area contributed by atoms with Crippen LogP contribution in [0.2, 0.25) is 10.0 Å². The Morgan fingerprint density at radius 2 is 2.11 bits per heavy atom. The third-order valence-corrected chi connectivity index (χ3v) is 5.65. The van der Waals surface area contributed by atoms with Gasteiger partial charge in [-0.2, -0.15) is 4.98 Å². The van der Waals surface area contributed by atoms with Gasteiger partial charge in [-0.25, -0.2) is 22.5 Å². The molecule has 0 amide bonds. The van der Waals surface area contributed by atoms with Gasteiger partial charge in [-0.1, -0.05) is 23.2 Å². The van der Waals surface area contributed by atoms with Gasteiger partial charge in [0.1, 0.15) is 18.2 Å². The zero-order valence-electron chi connectivity index (χ0n) is 13.8. The van der Waals surface area contributed by atoms with Gasteiger partial charge in [-0.05, 0) is 12.1 Å². The molecule has 8 nitrogen and oxygen atoms in total. The molecular formula is C15H13Cl2FN4O4S. The molecule has 144 valence electrons. The molecular weight excluding hydrogens is 422 g/mol. The number of hydrogen-bond donors (Lipinski definition) is 2. The van der Waals surface area contributed by atoms with Crippen molar-refractivity contribution in [2.45, 2.75) is 4.90 Å². The highest BCUT2D eigenvalue weighted by Gasteiger charge is 2.22. The van der Waals surface area contributed by atoms with Crippen LogP contribution in [0.1, 0.15) is 0 Å². The molecule has 1 aromatic carbocycles. The van der Waals surface area contributed by atoms with Gasteiger partial charge in [-0.15, -0.1) is 0 Å². The number of nitrogens with one attached hydrogen (secondary N) is 2. The fourth-order valence-electron chi connectivity index (χ4n) is 2.31. The minimum atomic E-state index is -4.05. The van der Waals surface area contributed by atoms with Gasteiger partial charge < -0.3 is 14.5 Å². The van der Waals surface area contributed by atoms with Crippen LogP contribution in [0.5, 0.6) is 11.6 Å². The second-order valence-electron chi connectivity index (χ2n) is 5.15. The van der Waals surface area contributed by atoms with Gasteiger partial charge in [0.25, 0.3) is 15.9 Å². The molecule has 0 radical (unpaired) electrons. The van der Waals surface area contributed by atoms with Crippen molar-refractivity contribution in [3.05, 3.63) is 34.6 Å². The molecule has 3 aromatic rings. The second kappa shape index (κ2) is 7.75. The van der Waals surface area contributed by atoms with Crippen molar-refractivity contribution >= 4 is 50.1 Å². The van der Waals surface area contributed by atoms with Crippen LogP contribution in [0.3, 0.4) is 0 Å². The molecule has 0 unspecified atom stereocenters. The number of nitrogens with zero attached hydrogens (tertiary/aromatic N) is 2. The van der Waals surface area contributed by atoms with Gasteiger partial charge in [0.15, 0.2) is 5.75 Å². The van der Waals surface area contributed by atoms with Gasteiger partial charge in [0.2, 0.25) is 5.95 Å². The van der Waals surface area contributed by atoms with E-state index >= 15 is 0 Å². The maximum Gasteiger partial charge on any atom is 0.266 e. The first kappa shape index (κ1) is 19.5. The van der Waals surface area contributed by atoms with Gasteiger partial charge >= 0.3 is 0 Å². The van der Waals surface area contributed by atoms with Crippen LogP contribution in [-0.2, 0) is 10.0 Å². The van der Waals surface area contributed by atoms with Crippen LogP contribution >= 0.6 is 23.2 Å². The number of sulfonamides is 1. The Kier molecular flexibility index (Phi) is 5.59. The van der Waals surface area contributed by atoms with Crippen LogP contribution in [-0.4, -0.2) is 43.8 Å². The molecule has 0 fully saturated rings. The number of methoxy groups -OCH3 is 1. The fourth-order valence-corrected chi connectivity index (χ4v) is 3.81. The highest BCUT2D eigenvalue weighted by molar-refractivity contribution is 7.93. The minimum absolute atomic E-state index is 0.0371. The summed E-state index contributed by atoms with van der Waals surface area (Å²) in [5.74, 6) is -0.189. The largest absolute Gasteiger partial charge is 0.484 e. The Bertz CT molecular complexity index is 1090. The zero-order chi connectivity index (χ0) is 19.6. The van der Waals surface area contributed by atoms with E-state index < -0.39 is 16.7 Å². The van der Waals surface area contributed by atoms with Crippen molar-refractivity contribution in [3.63, 3.8) is 0 Å². The Balaban J connectivity index is 1.94. The Morgan fingerprint density at radius 3 is 2.81 bits per heavy atom. The predicted molar refractivity (Wildman–Crippen MR) is 99.2 cm³/mol. The summed E-state index contributed by atoms with van der Waals surface area (Å²) in [6.07, 6.45) is 2.47. The number of fused-ring (bicyclic) bond motifs is 1. The lowest BCUT2D eigenvalue weighted by Crippen LogP contribution is -2.15. The lowest BCUT2D eigenvalue weighted by molar-refractivity contribution is 0.256. The molecule has 2 N–H and O–H groups in total. The summed E-state index contributed by atoms with van der Waals surface area (Å²) in [5, 5.41) is 0.856. The van der Waals surface area contributed by atoms with Crippen LogP contribution < -0.4 is 14.2 Å². The van der Waals surface area contributed by atoms with Crippen LogP contribution in [0, 0.1) is 0 Å². The molecule has 0 aliphatic carbocycles. The standard InChI is InChI=1S/C15H13Cl2FN4O4S/c1-25-14-10(26-5-4-18)6-20-15(21-14)22-27(23,24)11-7-19-13-8(11)2-3-9(16)12(13)17/h2-3,6-7,19H,4-5H2,1H3,(H,20,21,22). The highest BCUT2D eigenvalue weighted by Crippen LogP contribution is 2.34. The smallest absolute Gasteiger partial charge is 0.266 e. The van der Waals surface area contributed by atoms with E-state index in [-0.39, 0.29) is 34.1 Å². The van der Waals surface area contributed by atoms with Crippen molar-refractivity contribution in [1.82, 2.24) is 15.0 Å². The van der Waals surface area contributed by atoms with E-state index in [0.717, 1.165) is 0 Å². The summed E-state index contributed by atoms with van der Waals surface area (Å²) in [7, 11) is -2.73. The molecule has 0 aliphatic rings. The maximum atomic E-state index is 12.7. The molecule has 2 aromatic heterocycles. The average molecular weight is 435 g/mol. The molecule has 2 heterocycles. The number of H-pyrrole nitrogens is 1. The van der Waals surface area contributed by atoms with E-state index in [1.165, 1.54) is 31.6 Å². The number of alkyl halides is 1.